The minimum atomic E-state index is -0.345. The summed E-state index contributed by atoms with van der Waals surface area (Å²) in [6.45, 7) is 5.31. The number of benzene rings is 1. The van der Waals surface area contributed by atoms with Gasteiger partial charge in [-0.15, -0.1) is 0 Å². The van der Waals surface area contributed by atoms with E-state index in [1.807, 2.05) is 18.5 Å². The zero-order valence-electron chi connectivity index (χ0n) is 22.5. The molecule has 2 aliphatic heterocycles. The van der Waals surface area contributed by atoms with Crippen LogP contribution in [0.4, 0.5) is 0 Å². The number of unbranched alkanes of at least 4 members (excludes halogenated alkanes) is 8. The van der Waals surface area contributed by atoms with E-state index in [1.165, 1.54) is 81.8 Å². The highest BCUT2D eigenvalue weighted by Gasteiger charge is 2.30. The van der Waals surface area contributed by atoms with Crippen molar-refractivity contribution < 1.29 is 9.47 Å². The summed E-state index contributed by atoms with van der Waals surface area (Å²) in [7, 11) is 0. The molecule has 4 nitrogen and oxygen atoms in total. The SMILES string of the molecule is CCCCCCCCCCc1ccc(C2(CCCCC(C)OC3CCCCO3)N=CC=CN2)cc1. The van der Waals surface area contributed by atoms with Crippen LogP contribution in [0.1, 0.15) is 121 Å². The van der Waals surface area contributed by atoms with Crippen LogP contribution in [-0.2, 0) is 21.6 Å². The zero-order chi connectivity index (χ0) is 24.6. The summed E-state index contributed by atoms with van der Waals surface area (Å²) in [4.78, 5) is 4.91. The Morgan fingerprint density at radius 3 is 2.46 bits per heavy atom. The number of nitrogens with zero attached hydrogens (tertiary/aromatic N) is 1. The molecule has 196 valence electrons. The standard InChI is InChI=1S/C31H50N2O2/c1-3-4-5-6-7-8-9-10-17-28-19-21-29(22-20-28)31(32-24-15-25-33-31)23-13-11-16-27(2)35-30-18-12-14-26-34-30/h15,19-22,24-25,27,30,32H,3-14,16-18,23,26H2,1-2H3. The summed E-state index contributed by atoms with van der Waals surface area (Å²) in [6, 6.07) is 9.20. The van der Waals surface area contributed by atoms with Crippen molar-refractivity contribution in [3.8, 4) is 0 Å². The van der Waals surface area contributed by atoms with Crippen molar-refractivity contribution >= 4 is 6.21 Å². The molecule has 3 atom stereocenters. The van der Waals surface area contributed by atoms with Crippen LogP contribution in [0, 0.1) is 0 Å². The molecule has 2 aliphatic rings. The van der Waals surface area contributed by atoms with Crippen LogP contribution < -0.4 is 5.32 Å². The van der Waals surface area contributed by atoms with E-state index in [0.29, 0.717) is 0 Å². The fraction of sp³-hybridized carbons (Fsp3) is 0.710. The predicted molar refractivity (Wildman–Crippen MR) is 148 cm³/mol. The smallest absolute Gasteiger partial charge is 0.157 e. The summed E-state index contributed by atoms with van der Waals surface area (Å²) >= 11 is 0. The molecule has 4 heteroatoms. The summed E-state index contributed by atoms with van der Waals surface area (Å²) in [6.07, 6.45) is 26.1. The van der Waals surface area contributed by atoms with E-state index in [0.717, 1.165) is 38.7 Å². The first-order valence-corrected chi connectivity index (χ1v) is 14.6. The van der Waals surface area contributed by atoms with E-state index in [2.05, 4.69) is 43.4 Å². The first-order chi connectivity index (χ1) is 17.2. The summed E-state index contributed by atoms with van der Waals surface area (Å²) in [5, 5.41) is 3.57. The van der Waals surface area contributed by atoms with Gasteiger partial charge in [-0.25, -0.2) is 0 Å². The maximum Gasteiger partial charge on any atom is 0.157 e. The number of rotatable bonds is 17. The van der Waals surface area contributed by atoms with Gasteiger partial charge in [0.2, 0.25) is 0 Å². The van der Waals surface area contributed by atoms with Gasteiger partial charge in [0.05, 0.1) is 6.10 Å². The van der Waals surface area contributed by atoms with Gasteiger partial charge in [0.15, 0.2) is 12.0 Å². The van der Waals surface area contributed by atoms with Gasteiger partial charge in [0.1, 0.15) is 0 Å². The number of hydrogen-bond donors (Lipinski definition) is 1. The largest absolute Gasteiger partial charge is 0.364 e. The fourth-order valence-electron chi connectivity index (χ4n) is 5.24. The molecule has 0 saturated carbocycles. The van der Waals surface area contributed by atoms with E-state index < -0.39 is 0 Å². The lowest BCUT2D eigenvalue weighted by Crippen LogP contribution is -2.39. The third-order valence-electron chi connectivity index (χ3n) is 7.47. The number of ether oxygens (including phenoxy) is 2. The number of hydrogen-bond acceptors (Lipinski definition) is 4. The Labute approximate surface area is 215 Å². The third kappa shape index (κ3) is 10.1. The maximum atomic E-state index is 6.10. The van der Waals surface area contributed by atoms with E-state index in [-0.39, 0.29) is 18.1 Å². The summed E-state index contributed by atoms with van der Waals surface area (Å²) in [5.41, 5.74) is 2.36. The van der Waals surface area contributed by atoms with Gasteiger partial charge >= 0.3 is 0 Å². The zero-order valence-corrected chi connectivity index (χ0v) is 22.5. The second-order valence-corrected chi connectivity index (χ2v) is 10.6. The summed E-state index contributed by atoms with van der Waals surface area (Å²) < 4.78 is 11.8. The number of aryl methyl sites for hydroxylation is 1. The number of allylic oxidation sites excluding steroid dienone is 1. The molecule has 2 heterocycles. The first kappa shape index (κ1) is 27.9. The molecule has 0 spiro atoms. The molecule has 0 amide bonds. The summed E-state index contributed by atoms with van der Waals surface area (Å²) in [5.74, 6) is 0. The third-order valence-corrected chi connectivity index (χ3v) is 7.47. The lowest BCUT2D eigenvalue weighted by atomic mass is 9.91. The van der Waals surface area contributed by atoms with Crippen molar-refractivity contribution in [3.63, 3.8) is 0 Å². The van der Waals surface area contributed by atoms with E-state index in [9.17, 15) is 0 Å². The number of nitrogens with one attached hydrogen (secondary N) is 1. The van der Waals surface area contributed by atoms with Gasteiger partial charge < -0.3 is 14.8 Å². The molecule has 35 heavy (non-hydrogen) atoms. The number of aliphatic imine (C=N–C) groups is 1. The van der Waals surface area contributed by atoms with Crippen LogP contribution in [0.15, 0.2) is 41.5 Å². The Morgan fingerprint density at radius 2 is 1.77 bits per heavy atom. The van der Waals surface area contributed by atoms with Gasteiger partial charge in [0, 0.05) is 19.0 Å². The van der Waals surface area contributed by atoms with Gasteiger partial charge in [0.25, 0.3) is 0 Å². The molecule has 0 bridgehead atoms. The van der Waals surface area contributed by atoms with Gasteiger partial charge in [-0.05, 0) is 75.5 Å². The highest BCUT2D eigenvalue weighted by Crippen LogP contribution is 2.31. The Morgan fingerprint density at radius 1 is 1.00 bits per heavy atom. The Bertz CT molecular complexity index is 739. The molecule has 3 unspecified atom stereocenters. The predicted octanol–water partition coefficient (Wildman–Crippen LogP) is 8.20. The fourth-order valence-corrected chi connectivity index (χ4v) is 5.24. The van der Waals surface area contributed by atoms with Crippen molar-refractivity contribution in [2.75, 3.05) is 6.61 Å². The molecular formula is C31H50N2O2. The molecule has 1 N–H and O–H groups in total. The minimum Gasteiger partial charge on any atom is -0.364 e. The van der Waals surface area contributed by atoms with Gasteiger partial charge in [-0.1, -0.05) is 82.6 Å². The Kier molecular flexibility index (Phi) is 12.9. The Hall–Kier alpha value is -1.65. The molecule has 3 rings (SSSR count). The van der Waals surface area contributed by atoms with Gasteiger partial charge in [-0.2, -0.15) is 0 Å². The normalized spacial score (nSPS) is 22.7. The van der Waals surface area contributed by atoms with Gasteiger partial charge in [-0.3, -0.25) is 4.99 Å². The molecule has 0 radical (unpaired) electrons. The van der Waals surface area contributed by atoms with Crippen molar-refractivity contribution in [2.45, 2.75) is 135 Å². The van der Waals surface area contributed by atoms with E-state index in [4.69, 9.17) is 14.5 Å². The Balaban J connectivity index is 1.40. The van der Waals surface area contributed by atoms with Crippen molar-refractivity contribution in [1.82, 2.24) is 5.32 Å². The van der Waals surface area contributed by atoms with Crippen molar-refractivity contribution in [2.24, 2.45) is 4.99 Å². The average Bonchev–Trinajstić information content (AvgIpc) is 2.90. The monoisotopic (exact) mass is 482 g/mol. The molecule has 1 aromatic carbocycles. The lowest BCUT2D eigenvalue weighted by Gasteiger charge is -2.33. The quantitative estimate of drug-likeness (QED) is 0.228. The minimum absolute atomic E-state index is 0.00384. The second-order valence-electron chi connectivity index (χ2n) is 10.6. The van der Waals surface area contributed by atoms with Crippen LogP contribution in [0.25, 0.3) is 0 Å². The van der Waals surface area contributed by atoms with Crippen LogP contribution in [-0.4, -0.2) is 25.2 Å². The highest BCUT2D eigenvalue weighted by atomic mass is 16.7. The molecule has 1 fully saturated rings. The van der Waals surface area contributed by atoms with Crippen LogP contribution >= 0.6 is 0 Å². The van der Waals surface area contributed by atoms with Crippen LogP contribution in [0.5, 0.6) is 0 Å². The maximum absolute atomic E-state index is 6.10. The van der Waals surface area contributed by atoms with Crippen LogP contribution in [0.2, 0.25) is 0 Å². The van der Waals surface area contributed by atoms with Crippen molar-refractivity contribution in [3.05, 3.63) is 47.7 Å². The van der Waals surface area contributed by atoms with E-state index >= 15 is 0 Å². The lowest BCUT2D eigenvalue weighted by molar-refractivity contribution is -0.185. The highest BCUT2D eigenvalue weighted by molar-refractivity contribution is 5.72. The first-order valence-electron chi connectivity index (χ1n) is 14.6. The second kappa shape index (κ2) is 16.2. The van der Waals surface area contributed by atoms with E-state index in [1.54, 1.807) is 0 Å². The molecule has 1 aromatic rings. The average molecular weight is 483 g/mol. The topological polar surface area (TPSA) is 42.9 Å². The molecule has 0 aromatic heterocycles. The molecule has 0 aliphatic carbocycles. The van der Waals surface area contributed by atoms with Crippen molar-refractivity contribution in [1.29, 1.82) is 0 Å². The van der Waals surface area contributed by atoms with Crippen LogP contribution in [0.3, 0.4) is 0 Å². The molecular weight excluding hydrogens is 432 g/mol. The molecule has 1 saturated heterocycles.